The van der Waals surface area contributed by atoms with Crippen molar-refractivity contribution >= 4 is 45.8 Å². The van der Waals surface area contributed by atoms with Crippen LogP contribution in [0, 0.1) is 6.92 Å². The number of nitrogens with zero attached hydrogens (tertiary/aromatic N) is 2. The first-order valence-electron chi connectivity index (χ1n) is 8.29. The van der Waals surface area contributed by atoms with Crippen molar-refractivity contribution < 1.29 is 14.3 Å². The normalized spacial score (nSPS) is 10.4. The van der Waals surface area contributed by atoms with Gasteiger partial charge in [-0.25, -0.2) is 0 Å². The van der Waals surface area contributed by atoms with Crippen LogP contribution in [0.5, 0.6) is 0 Å². The van der Waals surface area contributed by atoms with Gasteiger partial charge in [0.1, 0.15) is 0 Å². The van der Waals surface area contributed by atoms with E-state index in [1.807, 2.05) is 31.2 Å². The summed E-state index contributed by atoms with van der Waals surface area (Å²) in [5.41, 5.74) is 2.14. The lowest BCUT2D eigenvalue weighted by atomic mass is 10.2. The zero-order chi connectivity index (χ0) is 18.8. The minimum absolute atomic E-state index is 0.0953. The molecule has 0 spiro atoms. The Hall–Kier alpha value is -2.13. The van der Waals surface area contributed by atoms with Gasteiger partial charge in [-0.1, -0.05) is 40.8 Å². The molecule has 2 rings (SSSR count). The zero-order valence-electron chi connectivity index (χ0n) is 14.8. The van der Waals surface area contributed by atoms with Gasteiger partial charge in [-0.3, -0.25) is 9.59 Å². The monoisotopic (exact) mass is 394 g/mol. The predicted molar refractivity (Wildman–Crippen MR) is 104 cm³/mol. The van der Waals surface area contributed by atoms with E-state index < -0.39 is 0 Å². The topological polar surface area (TPSA) is 93.2 Å². The molecule has 140 valence electrons. The molecule has 0 aliphatic rings. The zero-order valence-corrected chi connectivity index (χ0v) is 16.4. The van der Waals surface area contributed by atoms with Gasteiger partial charge in [0.25, 0.3) is 0 Å². The number of carbonyl (C=O) groups is 2. The second kappa shape index (κ2) is 10.8. The molecule has 0 saturated heterocycles. The van der Waals surface area contributed by atoms with Crippen molar-refractivity contribution in [3.8, 4) is 0 Å². The molecule has 1 aromatic heterocycles. The molecule has 0 fully saturated rings. The average molecular weight is 395 g/mol. The number of benzene rings is 1. The second-order valence-corrected chi connectivity index (χ2v) is 7.61. The van der Waals surface area contributed by atoms with Crippen molar-refractivity contribution in [2.75, 3.05) is 24.2 Å². The number of thioether (sulfide) groups is 1. The molecule has 1 aromatic carbocycles. The molecule has 0 aliphatic heterocycles. The van der Waals surface area contributed by atoms with E-state index in [0.717, 1.165) is 10.0 Å². The van der Waals surface area contributed by atoms with Crippen LogP contribution in [0.4, 0.5) is 10.8 Å². The number of hydrogen-bond donors (Lipinski definition) is 2. The molecule has 0 bridgehead atoms. The van der Waals surface area contributed by atoms with E-state index >= 15 is 0 Å². The Morgan fingerprint density at radius 1 is 1.23 bits per heavy atom. The van der Waals surface area contributed by atoms with E-state index in [4.69, 9.17) is 4.74 Å². The standard InChI is InChI=1S/C17H22N4O3S2/c1-3-24-15(23)5-4-10-18-14(22)11-25-17-21-20-16(26-17)19-13-8-6-12(2)7-9-13/h6-9H,3-5,10-11H2,1-2H3,(H,18,22)(H,19,20). The number of aryl methyl sites for hydroxylation is 1. The first kappa shape index (κ1) is 20.2. The molecular weight excluding hydrogens is 372 g/mol. The van der Waals surface area contributed by atoms with E-state index in [-0.39, 0.29) is 17.6 Å². The molecule has 0 unspecified atom stereocenters. The van der Waals surface area contributed by atoms with Gasteiger partial charge in [-0.15, -0.1) is 10.2 Å². The summed E-state index contributed by atoms with van der Waals surface area (Å²) in [5, 5.41) is 14.8. The van der Waals surface area contributed by atoms with Gasteiger partial charge in [0.2, 0.25) is 11.0 Å². The van der Waals surface area contributed by atoms with Crippen LogP contribution in [0.15, 0.2) is 28.6 Å². The maximum Gasteiger partial charge on any atom is 0.305 e. The van der Waals surface area contributed by atoms with Gasteiger partial charge in [0.05, 0.1) is 12.4 Å². The van der Waals surface area contributed by atoms with E-state index in [2.05, 4.69) is 20.8 Å². The lowest BCUT2D eigenvalue weighted by Crippen LogP contribution is -2.26. The van der Waals surface area contributed by atoms with Crippen LogP contribution < -0.4 is 10.6 Å². The number of nitrogens with one attached hydrogen (secondary N) is 2. The number of esters is 1. The number of aromatic nitrogens is 2. The Morgan fingerprint density at radius 3 is 2.73 bits per heavy atom. The van der Waals surface area contributed by atoms with Crippen LogP contribution in [0.25, 0.3) is 0 Å². The number of anilines is 2. The van der Waals surface area contributed by atoms with E-state index in [0.29, 0.717) is 31.1 Å². The molecule has 9 heteroatoms. The minimum atomic E-state index is -0.237. The fourth-order valence-electron chi connectivity index (χ4n) is 1.95. The molecule has 1 amide bonds. The Kier molecular flexibility index (Phi) is 8.36. The Bertz CT molecular complexity index is 719. The smallest absolute Gasteiger partial charge is 0.305 e. The van der Waals surface area contributed by atoms with Crippen LogP contribution in [0.2, 0.25) is 0 Å². The molecule has 0 saturated carbocycles. The highest BCUT2D eigenvalue weighted by Gasteiger charge is 2.09. The number of hydrogen-bond acceptors (Lipinski definition) is 8. The molecule has 0 aliphatic carbocycles. The van der Waals surface area contributed by atoms with Crippen molar-refractivity contribution in [1.29, 1.82) is 0 Å². The van der Waals surface area contributed by atoms with Gasteiger partial charge in [-0.05, 0) is 32.4 Å². The number of ether oxygens (including phenoxy) is 1. The minimum Gasteiger partial charge on any atom is -0.466 e. The fraction of sp³-hybridized carbons (Fsp3) is 0.412. The molecular formula is C17H22N4O3S2. The van der Waals surface area contributed by atoms with Crippen LogP contribution >= 0.6 is 23.1 Å². The number of carbonyl (C=O) groups excluding carboxylic acids is 2. The van der Waals surface area contributed by atoms with Gasteiger partial charge in [0.15, 0.2) is 4.34 Å². The molecule has 2 aromatic rings. The summed E-state index contributed by atoms with van der Waals surface area (Å²) < 4.78 is 5.55. The summed E-state index contributed by atoms with van der Waals surface area (Å²) in [6.07, 6.45) is 0.879. The largest absolute Gasteiger partial charge is 0.466 e. The van der Waals surface area contributed by atoms with Crippen LogP contribution in [0.1, 0.15) is 25.3 Å². The highest BCUT2D eigenvalue weighted by Crippen LogP contribution is 2.27. The van der Waals surface area contributed by atoms with Crippen LogP contribution in [0.3, 0.4) is 0 Å². The Balaban J connectivity index is 1.66. The average Bonchev–Trinajstić information content (AvgIpc) is 3.07. The summed E-state index contributed by atoms with van der Waals surface area (Å²) in [4.78, 5) is 23.0. The Labute approximate surface area is 160 Å². The highest BCUT2D eigenvalue weighted by atomic mass is 32.2. The lowest BCUT2D eigenvalue weighted by molar-refractivity contribution is -0.143. The summed E-state index contributed by atoms with van der Waals surface area (Å²) in [7, 11) is 0. The summed E-state index contributed by atoms with van der Waals surface area (Å²) in [6.45, 7) is 4.64. The van der Waals surface area contributed by atoms with E-state index in [1.165, 1.54) is 28.7 Å². The fourth-order valence-corrected chi connectivity index (χ4v) is 3.55. The quantitative estimate of drug-likeness (QED) is 0.363. The molecule has 2 N–H and O–H groups in total. The van der Waals surface area contributed by atoms with Crippen molar-refractivity contribution in [2.24, 2.45) is 0 Å². The number of amides is 1. The molecule has 0 radical (unpaired) electrons. The first-order valence-corrected chi connectivity index (χ1v) is 10.1. The van der Waals surface area contributed by atoms with E-state index in [9.17, 15) is 9.59 Å². The first-order chi connectivity index (χ1) is 12.6. The summed E-state index contributed by atoms with van der Waals surface area (Å²) >= 11 is 2.74. The highest BCUT2D eigenvalue weighted by molar-refractivity contribution is 8.01. The van der Waals surface area contributed by atoms with Crippen LogP contribution in [-0.2, 0) is 14.3 Å². The van der Waals surface area contributed by atoms with Crippen LogP contribution in [-0.4, -0.2) is 41.0 Å². The number of rotatable bonds is 10. The van der Waals surface area contributed by atoms with E-state index in [1.54, 1.807) is 6.92 Å². The van der Waals surface area contributed by atoms with Gasteiger partial charge in [0, 0.05) is 18.7 Å². The van der Waals surface area contributed by atoms with Gasteiger partial charge >= 0.3 is 5.97 Å². The lowest BCUT2D eigenvalue weighted by Gasteiger charge is -2.04. The molecule has 0 atom stereocenters. The maximum atomic E-state index is 11.8. The molecule has 26 heavy (non-hydrogen) atoms. The van der Waals surface area contributed by atoms with Gasteiger partial charge < -0.3 is 15.4 Å². The predicted octanol–water partition coefficient (Wildman–Crippen LogP) is 3.14. The van der Waals surface area contributed by atoms with Crippen molar-refractivity contribution in [1.82, 2.24) is 15.5 Å². The second-order valence-electron chi connectivity index (χ2n) is 5.41. The van der Waals surface area contributed by atoms with Crippen molar-refractivity contribution in [3.63, 3.8) is 0 Å². The molecule has 7 nitrogen and oxygen atoms in total. The Morgan fingerprint density at radius 2 is 2.00 bits per heavy atom. The third kappa shape index (κ3) is 7.40. The van der Waals surface area contributed by atoms with Crippen molar-refractivity contribution in [2.45, 2.75) is 31.0 Å². The van der Waals surface area contributed by atoms with Gasteiger partial charge in [-0.2, -0.15) is 0 Å². The maximum absolute atomic E-state index is 11.8. The SMILES string of the molecule is CCOC(=O)CCCNC(=O)CSc1nnc(Nc2ccc(C)cc2)s1. The molecule has 1 heterocycles. The third-order valence-corrected chi connectivity index (χ3v) is 5.19. The summed E-state index contributed by atoms with van der Waals surface area (Å²) in [6, 6.07) is 8.00. The van der Waals surface area contributed by atoms with Crippen molar-refractivity contribution in [3.05, 3.63) is 29.8 Å². The third-order valence-electron chi connectivity index (χ3n) is 3.22. The summed E-state index contributed by atoms with van der Waals surface area (Å²) in [5.74, 6) is -0.0702.